The maximum Gasteiger partial charge on any atom is 0.248 e. The smallest absolute Gasteiger partial charge is 0.248 e. The van der Waals surface area contributed by atoms with Gasteiger partial charge in [-0.05, 0) is 47.0 Å². The average Bonchev–Trinajstić information content (AvgIpc) is 2.82. The number of carbonyl (C=O) groups is 1. The van der Waals surface area contributed by atoms with Crippen molar-refractivity contribution in [1.82, 2.24) is 0 Å². The van der Waals surface area contributed by atoms with Crippen molar-refractivity contribution in [2.45, 2.75) is 0 Å². The van der Waals surface area contributed by atoms with E-state index in [2.05, 4.69) is 5.32 Å². The number of carbonyl (C=O) groups excluding carboxylic acids is 1. The number of nitrogens with two attached hydrogens (primary N) is 1. The van der Waals surface area contributed by atoms with Gasteiger partial charge in [-0.15, -0.1) is 0 Å². The van der Waals surface area contributed by atoms with Crippen molar-refractivity contribution in [3.8, 4) is 17.2 Å². The lowest BCUT2D eigenvalue weighted by molar-refractivity contribution is -0.111. The highest BCUT2D eigenvalue weighted by Gasteiger charge is 2.11. The van der Waals surface area contributed by atoms with Gasteiger partial charge in [-0.2, -0.15) is 0 Å². The van der Waals surface area contributed by atoms with Crippen molar-refractivity contribution in [2.75, 3.05) is 32.4 Å². The van der Waals surface area contributed by atoms with Crippen LogP contribution < -0.4 is 25.3 Å². The first kappa shape index (κ1) is 22.5. The SMILES string of the molecule is COc1cc(/C=C/c2ccc(/C=C/C(=O)Nc3ccccc3N)cc2)cc(OC)c1OC. The molecule has 0 saturated carbocycles. The zero-order chi connectivity index (χ0) is 22.9. The minimum Gasteiger partial charge on any atom is -0.493 e. The number of benzene rings is 3. The molecule has 0 aliphatic rings. The Morgan fingerprint density at radius 2 is 1.34 bits per heavy atom. The molecule has 32 heavy (non-hydrogen) atoms. The normalized spacial score (nSPS) is 11.0. The molecule has 0 fully saturated rings. The zero-order valence-electron chi connectivity index (χ0n) is 18.3. The summed E-state index contributed by atoms with van der Waals surface area (Å²) in [5.41, 5.74) is 9.80. The molecule has 0 radical (unpaired) electrons. The lowest BCUT2D eigenvalue weighted by Gasteiger charge is -2.12. The molecule has 164 valence electrons. The van der Waals surface area contributed by atoms with E-state index < -0.39 is 0 Å². The number of para-hydroxylation sites is 2. The topological polar surface area (TPSA) is 82.8 Å². The van der Waals surface area contributed by atoms with Crippen molar-refractivity contribution < 1.29 is 19.0 Å². The van der Waals surface area contributed by atoms with Gasteiger partial charge in [0.05, 0.1) is 32.7 Å². The Kier molecular flexibility index (Phi) is 7.54. The predicted octanol–water partition coefficient (Wildman–Crippen LogP) is 5.12. The van der Waals surface area contributed by atoms with Crippen molar-refractivity contribution >= 4 is 35.5 Å². The molecule has 0 spiro atoms. The van der Waals surface area contributed by atoms with E-state index in [0.29, 0.717) is 28.6 Å². The Bertz CT molecular complexity index is 1110. The molecular weight excluding hydrogens is 404 g/mol. The number of amides is 1. The van der Waals surface area contributed by atoms with E-state index in [1.54, 1.807) is 39.5 Å². The van der Waals surface area contributed by atoms with Gasteiger partial charge in [0.15, 0.2) is 11.5 Å². The number of anilines is 2. The molecular formula is C26H26N2O4. The molecule has 6 heteroatoms. The van der Waals surface area contributed by atoms with E-state index >= 15 is 0 Å². The minimum atomic E-state index is -0.241. The van der Waals surface area contributed by atoms with Gasteiger partial charge in [-0.1, -0.05) is 48.6 Å². The summed E-state index contributed by atoms with van der Waals surface area (Å²) in [5.74, 6) is 1.52. The molecule has 0 heterocycles. The number of ether oxygens (including phenoxy) is 3. The third-order valence-corrected chi connectivity index (χ3v) is 4.74. The summed E-state index contributed by atoms with van der Waals surface area (Å²) in [6.45, 7) is 0. The van der Waals surface area contributed by atoms with Crippen LogP contribution in [-0.2, 0) is 4.79 Å². The molecule has 0 atom stereocenters. The van der Waals surface area contributed by atoms with Crippen molar-refractivity contribution in [3.63, 3.8) is 0 Å². The summed E-state index contributed by atoms with van der Waals surface area (Å²) >= 11 is 0. The Balaban J connectivity index is 1.67. The molecule has 0 aliphatic heterocycles. The van der Waals surface area contributed by atoms with Crippen molar-refractivity contribution in [3.05, 3.63) is 83.4 Å². The molecule has 0 bridgehead atoms. The van der Waals surface area contributed by atoms with Crippen LogP contribution >= 0.6 is 0 Å². The van der Waals surface area contributed by atoms with Crippen LogP contribution in [0.1, 0.15) is 16.7 Å². The molecule has 3 rings (SSSR count). The molecule has 3 N–H and O–H groups in total. The van der Waals surface area contributed by atoms with Crippen LogP contribution in [0.4, 0.5) is 11.4 Å². The number of methoxy groups -OCH3 is 3. The van der Waals surface area contributed by atoms with Gasteiger partial charge in [0, 0.05) is 6.08 Å². The third kappa shape index (κ3) is 5.70. The third-order valence-electron chi connectivity index (χ3n) is 4.74. The zero-order valence-corrected chi connectivity index (χ0v) is 18.3. The second-order valence-corrected chi connectivity index (χ2v) is 6.87. The first-order valence-electron chi connectivity index (χ1n) is 9.95. The Hall–Kier alpha value is -4.19. The summed E-state index contributed by atoms with van der Waals surface area (Å²) in [6, 6.07) is 18.7. The van der Waals surface area contributed by atoms with E-state index in [1.807, 2.05) is 60.7 Å². The molecule has 0 saturated heterocycles. The van der Waals surface area contributed by atoms with Gasteiger partial charge in [0.1, 0.15) is 0 Å². The predicted molar refractivity (Wildman–Crippen MR) is 130 cm³/mol. The fraction of sp³-hybridized carbons (Fsp3) is 0.115. The van der Waals surface area contributed by atoms with Crippen LogP contribution in [0.15, 0.2) is 66.7 Å². The summed E-state index contributed by atoms with van der Waals surface area (Å²) in [7, 11) is 4.75. The second-order valence-electron chi connectivity index (χ2n) is 6.87. The standard InChI is InChI=1S/C26H26N2O4/c1-30-23-16-20(17-24(31-2)26(23)32-3)13-12-18-8-10-19(11-9-18)14-15-25(29)28-22-7-5-4-6-21(22)27/h4-17H,27H2,1-3H3,(H,28,29)/b13-12+,15-14+. The molecule has 0 unspecified atom stereocenters. The summed E-state index contributed by atoms with van der Waals surface area (Å²) in [6.07, 6.45) is 7.18. The Labute approximate surface area is 187 Å². The van der Waals surface area contributed by atoms with Gasteiger partial charge in [-0.25, -0.2) is 0 Å². The van der Waals surface area contributed by atoms with Crippen LogP contribution in [0.3, 0.4) is 0 Å². The average molecular weight is 431 g/mol. The second kappa shape index (κ2) is 10.7. The fourth-order valence-electron chi connectivity index (χ4n) is 3.07. The first-order chi connectivity index (χ1) is 15.5. The Morgan fingerprint density at radius 3 is 1.91 bits per heavy atom. The minimum absolute atomic E-state index is 0.241. The molecule has 1 amide bonds. The molecule has 3 aromatic rings. The van der Waals surface area contributed by atoms with E-state index in [4.69, 9.17) is 19.9 Å². The lowest BCUT2D eigenvalue weighted by atomic mass is 10.1. The number of hydrogen-bond donors (Lipinski definition) is 2. The summed E-state index contributed by atoms with van der Waals surface area (Å²) in [4.78, 5) is 12.1. The highest BCUT2D eigenvalue weighted by Crippen LogP contribution is 2.38. The first-order valence-corrected chi connectivity index (χ1v) is 9.95. The van der Waals surface area contributed by atoms with Crippen molar-refractivity contribution in [1.29, 1.82) is 0 Å². The van der Waals surface area contributed by atoms with E-state index in [0.717, 1.165) is 16.7 Å². The highest BCUT2D eigenvalue weighted by molar-refractivity contribution is 6.03. The Morgan fingerprint density at radius 1 is 0.781 bits per heavy atom. The number of nitrogens with one attached hydrogen (secondary N) is 1. The van der Waals surface area contributed by atoms with Crippen LogP contribution in [0.2, 0.25) is 0 Å². The van der Waals surface area contributed by atoms with E-state index in [1.165, 1.54) is 6.08 Å². The number of nitrogen functional groups attached to an aromatic ring is 1. The maximum atomic E-state index is 12.1. The van der Waals surface area contributed by atoms with Crippen LogP contribution in [0.5, 0.6) is 17.2 Å². The fourth-order valence-corrected chi connectivity index (χ4v) is 3.07. The van der Waals surface area contributed by atoms with Gasteiger partial charge >= 0.3 is 0 Å². The molecule has 6 nitrogen and oxygen atoms in total. The van der Waals surface area contributed by atoms with Crippen LogP contribution in [0.25, 0.3) is 18.2 Å². The van der Waals surface area contributed by atoms with Gasteiger partial charge < -0.3 is 25.3 Å². The van der Waals surface area contributed by atoms with E-state index in [-0.39, 0.29) is 5.91 Å². The molecule has 3 aromatic carbocycles. The van der Waals surface area contributed by atoms with Crippen LogP contribution in [0, 0.1) is 0 Å². The largest absolute Gasteiger partial charge is 0.493 e. The monoisotopic (exact) mass is 430 g/mol. The summed E-state index contributed by atoms with van der Waals surface area (Å²) in [5, 5.41) is 2.77. The van der Waals surface area contributed by atoms with Gasteiger partial charge in [-0.3, -0.25) is 4.79 Å². The summed E-state index contributed by atoms with van der Waals surface area (Å²) < 4.78 is 16.1. The van der Waals surface area contributed by atoms with E-state index in [9.17, 15) is 4.79 Å². The van der Waals surface area contributed by atoms with Gasteiger partial charge in [0.2, 0.25) is 11.7 Å². The lowest BCUT2D eigenvalue weighted by Crippen LogP contribution is -2.09. The molecule has 0 aliphatic carbocycles. The maximum absolute atomic E-state index is 12.1. The van der Waals surface area contributed by atoms with Gasteiger partial charge in [0.25, 0.3) is 0 Å². The quantitative estimate of drug-likeness (QED) is 0.295. The van der Waals surface area contributed by atoms with Crippen molar-refractivity contribution in [2.24, 2.45) is 0 Å². The highest BCUT2D eigenvalue weighted by atomic mass is 16.5. The van der Waals surface area contributed by atoms with Crippen LogP contribution in [-0.4, -0.2) is 27.2 Å². The number of hydrogen-bond acceptors (Lipinski definition) is 5. The number of rotatable bonds is 8. The molecule has 0 aromatic heterocycles.